The van der Waals surface area contributed by atoms with E-state index in [0.29, 0.717) is 40.8 Å². The number of nitrogens with one attached hydrogen (secondary N) is 1. The maximum Gasteiger partial charge on any atom is 0.273 e. The fourth-order valence-corrected chi connectivity index (χ4v) is 5.16. The lowest BCUT2D eigenvalue weighted by molar-refractivity contribution is 0.0944. The van der Waals surface area contributed by atoms with Crippen LogP contribution in [0.1, 0.15) is 27.4 Å². The van der Waals surface area contributed by atoms with E-state index in [4.69, 9.17) is 27.7 Å². The van der Waals surface area contributed by atoms with Crippen LogP contribution in [0.3, 0.4) is 0 Å². The molecule has 1 N–H and O–H groups in total. The monoisotopic (exact) mass is 479 g/mol. The lowest BCUT2D eigenvalue weighted by atomic mass is 10.1. The molecular weight excluding hydrogens is 461 g/mol. The van der Waals surface area contributed by atoms with Gasteiger partial charge in [0.2, 0.25) is 10.0 Å². The molecule has 3 aromatic rings. The second-order valence-corrected chi connectivity index (χ2v) is 9.84. The predicted octanol–water partition coefficient (Wildman–Crippen LogP) is 3.70. The molecule has 1 aromatic heterocycles. The van der Waals surface area contributed by atoms with Crippen LogP contribution in [0.5, 0.6) is 0 Å². The fraction of sp³-hybridized carbons (Fsp3) is 0.238. The van der Waals surface area contributed by atoms with E-state index in [0.717, 1.165) is 5.56 Å². The Morgan fingerprint density at radius 1 is 1.13 bits per heavy atom. The van der Waals surface area contributed by atoms with Crippen LogP contribution in [0, 0.1) is 0 Å². The van der Waals surface area contributed by atoms with Crippen molar-refractivity contribution in [3.63, 3.8) is 0 Å². The summed E-state index contributed by atoms with van der Waals surface area (Å²) < 4.78 is 32.5. The molecule has 162 valence electrons. The highest BCUT2D eigenvalue weighted by Crippen LogP contribution is 2.27. The van der Waals surface area contributed by atoms with Crippen molar-refractivity contribution in [3.05, 3.63) is 81.2 Å². The molecule has 0 unspecified atom stereocenters. The van der Waals surface area contributed by atoms with Gasteiger partial charge in [0.25, 0.3) is 5.91 Å². The van der Waals surface area contributed by atoms with Crippen molar-refractivity contribution in [3.8, 4) is 0 Å². The first kappa shape index (κ1) is 21.8. The Hall–Kier alpha value is -2.39. The van der Waals surface area contributed by atoms with Gasteiger partial charge in [-0.25, -0.2) is 8.42 Å². The standard InChI is InChI=1S/C21H19Cl2N3O4S/c22-17-7-6-14(12-18(17)23)8-10-24-21(27)20-16-13-26(11-9-19(16)30-25-20)31(28,29)15-4-2-1-3-5-15/h1-7,12H,8-11,13H2,(H,24,27). The van der Waals surface area contributed by atoms with Gasteiger partial charge in [-0.05, 0) is 36.2 Å². The minimum Gasteiger partial charge on any atom is -0.360 e. The Morgan fingerprint density at radius 3 is 2.65 bits per heavy atom. The Bertz CT molecular complexity index is 1210. The Kier molecular flexibility index (Phi) is 6.34. The van der Waals surface area contributed by atoms with Crippen molar-refractivity contribution in [1.82, 2.24) is 14.8 Å². The molecule has 7 nitrogen and oxygen atoms in total. The van der Waals surface area contributed by atoms with Crippen molar-refractivity contribution in [2.24, 2.45) is 0 Å². The minimum atomic E-state index is -3.68. The molecule has 0 saturated heterocycles. The lowest BCUT2D eigenvalue weighted by Crippen LogP contribution is -2.36. The van der Waals surface area contributed by atoms with Gasteiger partial charge in [0.05, 0.1) is 14.9 Å². The van der Waals surface area contributed by atoms with Gasteiger partial charge in [-0.3, -0.25) is 4.79 Å². The summed E-state index contributed by atoms with van der Waals surface area (Å²) in [5, 5.41) is 7.61. The van der Waals surface area contributed by atoms with Gasteiger partial charge in [0.15, 0.2) is 5.69 Å². The van der Waals surface area contributed by atoms with Crippen molar-refractivity contribution in [2.75, 3.05) is 13.1 Å². The number of nitrogens with zero attached hydrogens (tertiary/aromatic N) is 2. The number of hydrogen-bond donors (Lipinski definition) is 1. The van der Waals surface area contributed by atoms with Crippen LogP contribution >= 0.6 is 23.2 Å². The van der Waals surface area contributed by atoms with E-state index >= 15 is 0 Å². The van der Waals surface area contributed by atoms with Gasteiger partial charge in [0.1, 0.15) is 5.76 Å². The predicted molar refractivity (Wildman–Crippen MR) is 117 cm³/mol. The molecule has 0 bridgehead atoms. The Balaban J connectivity index is 1.44. The summed E-state index contributed by atoms with van der Waals surface area (Å²) in [4.78, 5) is 12.9. The largest absolute Gasteiger partial charge is 0.360 e. The lowest BCUT2D eigenvalue weighted by Gasteiger charge is -2.25. The van der Waals surface area contributed by atoms with Gasteiger partial charge >= 0.3 is 0 Å². The van der Waals surface area contributed by atoms with Gasteiger partial charge in [-0.1, -0.05) is 52.6 Å². The first-order valence-electron chi connectivity index (χ1n) is 9.61. The molecule has 0 fully saturated rings. The second-order valence-electron chi connectivity index (χ2n) is 7.09. The van der Waals surface area contributed by atoms with Crippen molar-refractivity contribution >= 4 is 39.1 Å². The highest BCUT2D eigenvalue weighted by molar-refractivity contribution is 7.89. The number of halogens is 2. The Morgan fingerprint density at radius 2 is 1.90 bits per heavy atom. The molecule has 0 spiro atoms. The van der Waals surface area contributed by atoms with Crippen LogP contribution in [0.15, 0.2) is 57.9 Å². The first-order valence-corrected chi connectivity index (χ1v) is 11.8. The number of carbonyl (C=O) groups excluding carboxylic acids is 1. The van der Waals surface area contributed by atoms with Crippen LogP contribution in [-0.2, 0) is 29.4 Å². The third-order valence-corrected chi connectivity index (χ3v) is 7.67. The number of benzene rings is 2. The Labute approximate surface area is 190 Å². The number of fused-ring (bicyclic) bond motifs is 1. The molecule has 1 aliphatic rings. The average molecular weight is 480 g/mol. The SMILES string of the molecule is O=C(NCCc1ccc(Cl)c(Cl)c1)c1noc2c1CN(S(=O)(=O)c1ccccc1)CC2. The summed E-state index contributed by atoms with van der Waals surface area (Å²) in [7, 11) is -3.68. The average Bonchev–Trinajstić information content (AvgIpc) is 3.20. The molecule has 1 amide bonds. The molecule has 0 atom stereocenters. The van der Waals surface area contributed by atoms with E-state index in [1.54, 1.807) is 42.5 Å². The van der Waals surface area contributed by atoms with Crippen molar-refractivity contribution < 1.29 is 17.7 Å². The maximum absolute atomic E-state index is 12.9. The van der Waals surface area contributed by atoms with Crippen LogP contribution < -0.4 is 5.32 Å². The summed E-state index contributed by atoms with van der Waals surface area (Å²) in [5.74, 6) is 0.123. The number of hydrogen-bond acceptors (Lipinski definition) is 5. The number of aromatic nitrogens is 1. The van der Waals surface area contributed by atoms with Crippen molar-refractivity contribution in [1.29, 1.82) is 0 Å². The van der Waals surface area contributed by atoms with E-state index in [2.05, 4.69) is 10.5 Å². The second kappa shape index (κ2) is 9.00. The third kappa shape index (κ3) is 4.62. The first-order chi connectivity index (χ1) is 14.9. The normalized spacial score (nSPS) is 14.3. The van der Waals surface area contributed by atoms with E-state index in [9.17, 15) is 13.2 Å². The number of amides is 1. The van der Waals surface area contributed by atoms with Crippen LogP contribution in [0.25, 0.3) is 0 Å². The number of carbonyl (C=O) groups is 1. The summed E-state index contributed by atoms with van der Waals surface area (Å²) in [5.41, 5.74) is 1.53. The molecule has 4 rings (SSSR count). The molecule has 0 saturated carbocycles. The van der Waals surface area contributed by atoms with Gasteiger partial charge in [0, 0.05) is 31.6 Å². The molecule has 31 heavy (non-hydrogen) atoms. The summed E-state index contributed by atoms with van der Waals surface area (Å²) >= 11 is 11.9. The van der Waals surface area contributed by atoms with E-state index in [-0.39, 0.29) is 23.7 Å². The third-order valence-electron chi connectivity index (χ3n) is 5.07. The van der Waals surface area contributed by atoms with Crippen LogP contribution in [-0.4, -0.2) is 36.9 Å². The summed E-state index contributed by atoms with van der Waals surface area (Å²) in [6, 6.07) is 13.5. The van der Waals surface area contributed by atoms with Gasteiger partial charge < -0.3 is 9.84 Å². The molecule has 0 aliphatic carbocycles. The smallest absolute Gasteiger partial charge is 0.273 e. The van der Waals surface area contributed by atoms with Crippen LogP contribution in [0.2, 0.25) is 10.0 Å². The van der Waals surface area contributed by atoms with Crippen LogP contribution in [0.4, 0.5) is 0 Å². The summed E-state index contributed by atoms with van der Waals surface area (Å²) in [6.07, 6.45) is 0.905. The quantitative estimate of drug-likeness (QED) is 0.581. The number of rotatable bonds is 6. The number of sulfonamides is 1. The molecule has 2 heterocycles. The zero-order valence-corrected chi connectivity index (χ0v) is 18.7. The molecule has 10 heteroatoms. The highest BCUT2D eigenvalue weighted by atomic mass is 35.5. The van der Waals surface area contributed by atoms with E-state index < -0.39 is 15.9 Å². The maximum atomic E-state index is 12.9. The highest BCUT2D eigenvalue weighted by Gasteiger charge is 2.33. The molecule has 0 radical (unpaired) electrons. The molecular formula is C21H19Cl2N3O4S. The topological polar surface area (TPSA) is 92.5 Å². The zero-order chi connectivity index (χ0) is 22.0. The minimum absolute atomic E-state index is 0.0333. The fourth-order valence-electron chi connectivity index (χ4n) is 3.41. The van der Waals surface area contributed by atoms with E-state index in [1.165, 1.54) is 4.31 Å². The molecule has 2 aromatic carbocycles. The molecule has 1 aliphatic heterocycles. The van der Waals surface area contributed by atoms with Gasteiger partial charge in [-0.15, -0.1) is 0 Å². The summed E-state index contributed by atoms with van der Waals surface area (Å²) in [6.45, 7) is 0.647. The van der Waals surface area contributed by atoms with Crippen molar-refractivity contribution in [2.45, 2.75) is 24.3 Å². The van der Waals surface area contributed by atoms with Gasteiger partial charge in [-0.2, -0.15) is 4.31 Å². The van der Waals surface area contributed by atoms with E-state index in [1.807, 2.05) is 6.07 Å². The zero-order valence-electron chi connectivity index (χ0n) is 16.3.